The number of hydrogen-bond donors (Lipinski definition) is 1. The number of fused-ring (bicyclic) bond motifs is 1. The van der Waals surface area contributed by atoms with E-state index in [4.69, 9.17) is 5.73 Å². The lowest BCUT2D eigenvalue weighted by atomic mass is 10.1. The summed E-state index contributed by atoms with van der Waals surface area (Å²) in [4.78, 5) is 15.1. The van der Waals surface area contributed by atoms with Crippen molar-refractivity contribution >= 4 is 17.0 Å². The van der Waals surface area contributed by atoms with E-state index in [0.717, 1.165) is 37.6 Å². The first kappa shape index (κ1) is 15.7. The van der Waals surface area contributed by atoms with E-state index in [1.807, 2.05) is 0 Å². The van der Waals surface area contributed by atoms with Crippen LogP contribution in [0.2, 0.25) is 0 Å². The summed E-state index contributed by atoms with van der Waals surface area (Å²) in [6.07, 6.45) is 5.62. The third-order valence-electron chi connectivity index (χ3n) is 4.02. The molecule has 0 fully saturated rings. The Morgan fingerprint density at radius 2 is 2.10 bits per heavy atom. The van der Waals surface area contributed by atoms with Crippen LogP contribution >= 0.6 is 0 Å². The molecule has 2 heterocycles. The van der Waals surface area contributed by atoms with Crippen molar-refractivity contribution < 1.29 is 0 Å². The first-order valence-corrected chi connectivity index (χ1v) is 7.79. The molecule has 2 N–H and O–H groups in total. The number of hydrogen-bond acceptors (Lipinski definition) is 5. The lowest BCUT2D eigenvalue weighted by Crippen LogP contribution is -2.29. The largest absolute Gasteiger partial charge is 0.382 e. The summed E-state index contributed by atoms with van der Waals surface area (Å²) in [6, 6.07) is 0. The van der Waals surface area contributed by atoms with Gasteiger partial charge in [0.1, 0.15) is 11.8 Å². The molecule has 0 radical (unpaired) electrons. The molecule has 116 valence electrons. The van der Waals surface area contributed by atoms with Crippen molar-refractivity contribution in [3.05, 3.63) is 12.7 Å². The summed E-state index contributed by atoms with van der Waals surface area (Å²) in [5.41, 5.74) is 7.33. The molecule has 0 saturated heterocycles. The molecule has 0 aliphatic heterocycles. The van der Waals surface area contributed by atoms with Crippen molar-refractivity contribution in [2.45, 2.75) is 40.2 Å². The third kappa shape index (κ3) is 3.91. The molecular weight excluding hydrogens is 264 g/mol. The average Bonchev–Trinajstić information content (AvgIpc) is 2.90. The van der Waals surface area contributed by atoms with Crippen molar-refractivity contribution in [3.8, 4) is 0 Å². The fourth-order valence-electron chi connectivity index (χ4n) is 2.48. The summed E-state index contributed by atoms with van der Waals surface area (Å²) in [5.74, 6) is 1.21. The number of nitrogen functional groups attached to an aromatic ring is 1. The number of anilines is 1. The van der Waals surface area contributed by atoms with E-state index >= 15 is 0 Å². The number of aromatic nitrogens is 4. The van der Waals surface area contributed by atoms with Gasteiger partial charge in [-0.05, 0) is 25.4 Å². The molecule has 6 nitrogen and oxygen atoms in total. The number of aryl methyl sites for hydroxylation is 1. The molecule has 21 heavy (non-hydrogen) atoms. The van der Waals surface area contributed by atoms with Gasteiger partial charge in [-0.15, -0.1) is 0 Å². The molecule has 0 amide bonds. The van der Waals surface area contributed by atoms with Gasteiger partial charge in [0, 0.05) is 13.1 Å². The monoisotopic (exact) mass is 290 g/mol. The van der Waals surface area contributed by atoms with Crippen LogP contribution in [0.3, 0.4) is 0 Å². The van der Waals surface area contributed by atoms with Gasteiger partial charge in [-0.2, -0.15) is 0 Å². The van der Waals surface area contributed by atoms with Crippen molar-refractivity contribution in [1.29, 1.82) is 0 Å². The fraction of sp³-hybridized carbons (Fsp3) is 0.667. The molecule has 0 saturated carbocycles. The summed E-state index contributed by atoms with van der Waals surface area (Å²) in [7, 11) is 0. The van der Waals surface area contributed by atoms with Gasteiger partial charge in [-0.1, -0.05) is 27.2 Å². The second-order valence-electron chi connectivity index (χ2n) is 5.63. The number of imidazole rings is 1. The molecular formula is C15H26N6. The van der Waals surface area contributed by atoms with Crippen LogP contribution < -0.4 is 5.73 Å². The summed E-state index contributed by atoms with van der Waals surface area (Å²) in [6.45, 7) is 11.1. The minimum Gasteiger partial charge on any atom is -0.382 e. The Kier molecular flexibility index (Phi) is 5.50. The summed E-state index contributed by atoms with van der Waals surface area (Å²) < 4.78 is 2.06. The molecule has 6 heteroatoms. The number of rotatable bonds is 8. The van der Waals surface area contributed by atoms with Crippen LogP contribution in [0.25, 0.3) is 11.2 Å². The van der Waals surface area contributed by atoms with E-state index in [0.29, 0.717) is 11.3 Å². The van der Waals surface area contributed by atoms with Crippen LogP contribution in [0.5, 0.6) is 0 Å². The van der Waals surface area contributed by atoms with Crippen LogP contribution in [0.15, 0.2) is 12.7 Å². The zero-order valence-corrected chi connectivity index (χ0v) is 13.3. The highest BCUT2D eigenvalue weighted by Gasteiger charge is 2.09. The minimum absolute atomic E-state index is 0.450. The molecule has 2 rings (SSSR count). The van der Waals surface area contributed by atoms with Gasteiger partial charge in [0.2, 0.25) is 0 Å². The summed E-state index contributed by atoms with van der Waals surface area (Å²) in [5, 5.41) is 0. The van der Waals surface area contributed by atoms with Crippen molar-refractivity contribution in [2.75, 3.05) is 25.4 Å². The quantitative estimate of drug-likeness (QED) is 0.806. The predicted molar refractivity (Wildman–Crippen MR) is 85.9 cm³/mol. The lowest BCUT2D eigenvalue weighted by Gasteiger charge is -2.23. The molecule has 1 unspecified atom stereocenters. The van der Waals surface area contributed by atoms with Crippen LogP contribution in [0, 0.1) is 5.92 Å². The molecule has 2 aromatic rings. The highest BCUT2D eigenvalue weighted by molar-refractivity contribution is 5.80. The molecule has 0 aromatic carbocycles. The van der Waals surface area contributed by atoms with Crippen LogP contribution in [-0.2, 0) is 6.54 Å². The predicted octanol–water partition coefficient (Wildman–Crippen LogP) is 2.17. The molecule has 0 aliphatic rings. The minimum atomic E-state index is 0.450. The van der Waals surface area contributed by atoms with E-state index in [1.54, 1.807) is 6.33 Å². The Morgan fingerprint density at radius 1 is 1.29 bits per heavy atom. The number of nitrogens with zero attached hydrogens (tertiary/aromatic N) is 5. The SMILES string of the molecule is CCC(C)CN(CC)CCCn1cnc2c(N)ncnc21. The van der Waals surface area contributed by atoms with E-state index in [-0.39, 0.29) is 0 Å². The molecule has 0 aliphatic carbocycles. The fourth-order valence-corrected chi connectivity index (χ4v) is 2.48. The van der Waals surface area contributed by atoms with Gasteiger partial charge in [-0.3, -0.25) is 0 Å². The highest BCUT2D eigenvalue weighted by atomic mass is 15.1. The Balaban J connectivity index is 1.91. The molecule has 2 aromatic heterocycles. The van der Waals surface area contributed by atoms with Crippen LogP contribution in [0.1, 0.15) is 33.6 Å². The van der Waals surface area contributed by atoms with Gasteiger partial charge in [-0.25, -0.2) is 15.0 Å². The topological polar surface area (TPSA) is 72.9 Å². The Morgan fingerprint density at radius 3 is 2.81 bits per heavy atom. The van der Waals surface area contributed by atoms with Crippen molar-refractivity contribution in [3.63, 3.8) is 0 Å². The van der Waals surface area contributed by atoms with Crippen LogP contribution in [-0.4, -0.2) is 44.1 Å². The molecule has 1 atom stereocenters. The second kappa shape index (κ2) is 7.36. The van der Waals surface area contributed by atoms with Crippen LogP contribution in [0.4, 0.5) is 5.82 Å². The van der Waals surface area contributed by atoms with Crippen molar-refractivity contribution in [1.82, 2.24) is 24.4 Å². The smallest absolute Gasteiger partial charge is 0.165 e. The Labute approximate surface area is 126 Å². The summed E-state index contributed by atoms with van der Waals surface area (Å²) >= 11 is 0. The zero-order valence-electron chi connectivity index (χ0n) is 13.3. The first-order chi connectivity index (χ1) is 10.2. The molecule has 0 bridgehead atoms. The second-order valence-corrected chi connectivity index (χ2v) is 5.63. The maximum Gasteiger partial charge on any atom is 0.165 e. The first-order valence-electron chi connectivity index (χ1n) is 7.79. The van der Waals surface area contributed by atoms with E-state index in [1.165, 1.54) is 19.3 Å². The third-order valence-corrected chi connectivity index (χ3v) is 4.02. The zero-order chi connectivity index (χ0) is 15.2. The van der Waals surface area contributed by atoms with E-state index < -0.39 is 0 Å². The number of nitrogens with two attached hydrogens (primary N) is 1. The standard InChI is InChI=1S/C15H26N6/c1-4-12(3)9-20(5-2)7-6-8-21-11-19-13-14(16)17-10-18-15(13)21/h10-12H,4-9H2,1-3H3,(H2,16,17,18). The average molecular weight is 290 g/mol. The van der Waals surface area contributed by atoms with Gasteiger partial charge in [0.25, 0.3) is 0 Å². The van der Waals surface area contributed by atoms with Gasteiger partial charge in [0.15, 0.2) is 11.5 Å². The van der Waals surface area contributed by atoms with E-state index in [9.17, 15) is 0 Å². The Hall–Kier alpha value is -1.69. The highest BCUT2D eigenvalue weighted by Crippen LogP contribution is 2.14. The maximum absolute atomic E-state index is 5.80. The van der Waals surface area contributed by atoms with Crippen molar-refractivity contribution in [2.24, 2.45) is 5.92 Å². The van der Waals surface area contributed by atoms with Gasteiger partial charge >= 0.3 is 0 Å². The van der Waals surface area contributed by atoms with Gasteiger partial charge in [0.05, 0.1) is 6.33 Å². The van der Waals surface area contributed by atoms with E-state index in [2.05, 4.69) is 45.2 Å². The maximum atomic E-state index is 5.80. The normalized spacial score (nSPS) is 13.1. The molecule has 0 spiro atoms. The van der Waals surface area contributed by atoms with Gasteiger partial charge < -0.3 is 15.2 Å². The lowest BCUT2D eigenvalue weighted by molar-refractivity contribution is 0.239. The Bertz CT molecular complexity index is 564.